The number of ether oxygens (including phenoxy) is 1. The first-order valence-electron chi connectivity index (χ1n) is 13.7. The number of nitrogens with zero attached hydrogens (tertiary/aromatic N) is 3. The summed E-state index contributed by atoms with van der Waals surface area (Å²) < 4.78 is 11.5. The molecule has 3 aromatic rings. The monoisotopic (exact) mass is 579 g/mol. The number of aliphatic hydroxyl groups is 1. The van der Waals surface area contributed by atoms with Gasteiger partial charge in [0.05, 0.1) is 23.8 Å². The number of carbonyl (C=O) groups excluding carboxylic acids is 2. The molecule has 1 aromatic heterocycles. The number of carboxylic acids is 1. The predicted octanol–water partition coefficient (Wildman–Crippen LogP) is 3.99. The second-order valence-electron chi connectivity index (χ2n) is 10.8. The summed E-state index contributed by atoms with van der Waals surface area (Å²) in [4.78, 5) is 41.3. The molecule has 2 heterocycles. The van der Waals surface area contributed by atoms with Gasteiger partial charge in [-0.3, -0.25) is 9.69 Å². The van der Waals surface area contributed by atoms with Crippen LogP contribution in [-0.2, 0) is 6.54 Å². The van der Waals surface area contributed by atoms with E-state index < -0.39 is 18.0 Å². The first kappa shape index (κ1) is 30.5. The van der Waals surface area contributed by atoms with Crippen LogP contribution in [0.3, 0.4) is 0 Å². The Labute approximate surface area is 244 Å². The van der Waals surface area contributed by atoms with Crippen LogP contribution in [0, 0.1) is 19.8 Å². The number of benzene rings is 2. The second-order valence-corrected chi connectivity index (χ2v) is 10.8. The second kappa shape index (κ2) is 13.0. The minimum Gasteiger partial charge on any atom is -0.488 e. The van der Waals surface area contributed by atoms with Gasteiger partial charge in [0.15, 0.2) is 5.76 Å². The number of amides is 3. The Morgan fingerprint density at radius 3 is 2.50 bits per heavy atom. The first-order valence-corrected chi connectivity index (χ1v) is 13.7. The molecule has 4 N–H and O–H groups in total. The van der Waals surface area contributed by atoms with Crippen molar-refractivity contribution in [3.05, 3.63) is 70.6 Å². The van der Waals surface area contributed by atoms with Crippen LogP contribution in [0.15, 0.2) is 47.0 Å². The van der Waals surface area contributed by atoms with Gasteiger partial charge in [0.1, 0.15) is 23.2 Å². The lowest BCUT2D eigenvalue weighted by Gasteiger charge is -2.38. The van der Waals surface area contributed by atoms with E-state index in [4.69, 9.17) is 14.4 Å². The highest BCUT2D eigenvalue weighted by atomic mass is 16.5. The molecule has 0 aliphatic carbocycles. The number of fused-ring (bicyclic) bond motifs is 1. The van der Waals surface area contributed by atoms with E-state index >= 15 is 0 Å². The van der Waals surface area contributed by atoms with Crippen molar-refractivity contribution in [1.82, 2.24) is 15.0 Å². The summed E-state index contributed by atoms with van der Waals surface area (Å²) in [5.74, 6) is -0.505. The fourth-order valence-corrected chi connectivity index (χ4v) is 4.89. The highest BCUT2D eigenvalue weighted by Gasteiger charge is 2.33. The SMILES string of the molecule is Cc1noc(C)c1NC(=O)Nc1ccc2c(c1)C(=O)N([C@@H](C)CO)C[C@@H](C)[C@H](CN(C)Cc1ccc(C(=O)O)cc1)O2. The summed E-state index contributed by atoms with van der Waals surface area (Å²) in [6.07, 6.45) is -0.310. The number of hydrogen-bond donors (Lipinski definition) is 4. The fraction of sp³-hybridized carbons (Fsp3) is 0.400. The maximum atomic E-state index is 13.7. The van der Waals surface area contributed by atoms with Gasteiger partial charge in [0.25, 0.3) is 5.91 Å². The lowest BCUT2D eigenvalue weighted by Crippen LogP contribution is -2.49. The maximum Gasteiger partial charge on any atom is 0.335 e. The van der Waals surface area contributed by atoms with Crippen molar-refractivity contribution in [1.29, 1.82) is 0 Å². The zero-order chi connectivity index (χ0) is 30.6. The van der Waals surface area contributed by atoms with Gasteiger partial charge in [-0.2, -0.15) is 0 Å². The van der Waals surface area contributed by atoms with E-state index in [2.05, 4.69) is 20.7 Å². The Kier molecular flexibility index (Phi) is 9.48. The average molecular weight is 580 g/mol. The van der Waals surface area contributed by atoms with Crippen molar-refractivity contribution in [2.24, 2.45) is 5.92 Å². The Morgan fingerprint density at radius 2 is 1.88 bits per heavy atom. The highest BCUT2D eigenvalue weighted by Crippen LogP contribution is 2.31. The summed E-state index contributed by atoms with van der Waals surface area (Å²) in [5, 5.41) is 28.4. The van der Waals surface area contributed by atoms with E-state index in [-0.39, 0.29) is 35.7 Å². The number of carbonyl (C=O) groups is 3. The molecule has 1 aliphatic heterocycles. The number of aliphatic hydroxyl groups excluding tert-OH is 1. The number of likely N-dealkylation sites (N-methyl/N-ethyl adjacent to an activating group) is 1. The number of rotatable bonds is 9. The zero-order valence-electron chi connectivity index (χ0n) is 24.4. The van der Waals surface area contributed by atoms with Gasteiger partial charge < -0.3 is 35.0 Å². The summed E-state index contributed by atoms with van der Waals surface area (Å²) in [7, 11) is 1.95. The van der Waals surface area contributed by atoms with E-state index in [0.29, 0.717) is 48.2 Å². The van der Waals surface area contributed by atoms with Crippen LogP contribution >= 0.6 is 0 Å². The lowest BCUT2D eigenvalue weighted by atomic mass is 9.99. The van der Waals surface area contributed by atoms with Gasteiger partial charge in [-0.15, -0.1) is 0 Å². The molecule has 2 aromatic carbocycles. The average Bonchev–Trinajstić information content (AvgIpc) is 3.27. The molecule has 0 bridgehead atoms. The topological polar surface area (TPSA) is 157 Å². The minimum atomic E-state index is -0.971. The van der Waals surface area contributed by atoms with Crippen molar-refractivity contribution in [2.75, 3.05) is 37.4 Å². The molecule has 12 heteroatoms. The fourth-order valence-electron chi connectivity index (χ4n) is 4.89. The molecule has 224 valence electrons. The van der Waals surface area contributed by atoms with E-state index in [9.17, 15) is 19.5 Å². The Morgan fingerprint density at radius 1 is 1.17 bits per heavy atom. The lowest BCUT2D eigenvalue weighted by molar-refractivity contribution is 0.0341. The van der Waals surface area contributed by atoms with E-state index in [1.54, 1.807) is 68.1 Å². The van der Waals surface area contributed by atoms with Crippen molar-refractivity contribution >= 4 is 29.3 Å². The molecule has 12 nitrogen and oxygen atoms in total. The molecule has 3 atom stereocenters. The summed E-state index contributed by atoms with van der Waals surface area (Å²) in [6.45, 7) is 8.44. The molecule has 1 aliphatic rings. The number of anilines is 2. The number of aromatic nitrogens is 1. The molecule has 0 fully saturated rings. The third kappa shape index (κ3) is 7.07. The minimum absolute atomic E-state index is 0.0773. The van der Waals surface area contributed by atoms with E-state index in [1.165, 1.54) is 0 Å². The van der Waals surface area contributed by atoms with Crippen LogP contribution in [-0.4, -0.2) is 82.0 Å². The molecular formula is C30H37N5O7. The van der Waals surface area contributed by atoms with Gasteiger partial charge in [-0.25, -0.2) is 9.59 Å². The molecule has 0 spiro atoms. The smallest absolute Gasteiger partial charge is 0.335 e. The molecule has 0 radical (unpaired) electrons. The van der Waals surface area contributed by atoms with Crippen LogP contribution in [0.5, 0.6) is 5.75 Å². The summed E-state index contributed by atoms with van der Waals surface area (Å²) in [6, 6.07) is 10.7. The van der Waals surface area contributed by atoms with Crippen LogP contribution < -0.4 is 15.4 Å². The Bertz CT molecular complexity index is 1420. The number of aryl methyl sites for hydroxylation is 2. The van der Waals surface area contributed by atoms with E-state index in [1.807, 2.05) is 14.0 Å². The number of carboxylic acid groups (broad SMARTS) is 1. The van der Waals surface area contributed by atoms with Gasteiger partial charge in [0, 0.05) is 31.2 Å². The molecule has 0 saturated heterocycles. The van der Waals surface area contributed by atoms with Crippen molar-refractivity contribution in [3.8, 4) is 5.75 Å². The number of urea groups is 1. The highest BCUT2D eigenvalue weighted by molar-refractivity contribution is 6.03. The third-order valence-corrected chi connectivity index (χ3v) is 7.34. The number of aromatic carboxylic acids is 1. The van der Waals surface area contributed by atoms with Crippen LogP contribution in [0.2, 0.25) is 0 Å². The summed E-state index contributed by atoms with van der Waals surface area (Å²) >= 11 is 0. The molecule has 0 saturated carbocycles. The molecule has 0 unspecified atom stereocenters. The normalized spacial score (nSPS) is 17.6. The zero-order valence-corrected chi connectivity index (χ0v) is 24.4. The molecule has 4 rings (SSSR count). The molecule has 3 amide bonds. The van der Waals surface area contributed by atoms with Crippen molar-refractivity contribution in [3.63, 3.8) is 0 Å². The largest absolute Gasteiger partial charge is 0.488 e. The predicted molar refractivity (Wildman–Crippen MR) is 156 cm³/mol. The third-order valence-electron chi connectivity index (χ3n) is 7.34. The Hall–Kier alpha value is -4.42. The van der Waals surface area contributed by atoms with E-state index in [0.717, 1.165) is 5.56 Å². The van der Waals surface area contributed by atoms with Gasteiger partial charge in [0.2, 0.25) is 0 Å². The van der Waals surface area contributed by atoms with Gasteiger partial charge >= 0.3 is 12.0 Å². The van der Waals surface area contributed by atoms with Crippen LogP contribution in [0.25, 0.3) is 0 Å². The maximum absolute atomic E-state index is 13.7. The first-order chi connectivity index (χ1) is 20.0. The van der Waals surface area contributed by atoms with Gasteiger partial charge in [-0.1, -0.05) is 24.2 Å². The standard InChI is InChI=1S/C30H37N5O7/c1-17-13-35(18(2)16-36)28(37)24-12-23(31-30(40)32-27-19(3)33-42-20(27)4)10-11-25(24)41-26(17)15-34(5)14-21-6-8-22(9-7-21)29(38)39/h6-12,17-18,26,36H,13-16H2,1-5H3,(H,38,39)(H2,31,32,40)/t17-,18+,26+/m1/s1. The van der Waals surface area contributed by atoms with Crippen LogP contribution in [0.1, 0.15) is 51.6 Å². The summed E-state index contributed by atoms with van der Waals surface area (Å²) in [5.41, 5.74) is 2.86. The number of nitrogens with one attached hydrogen (secondary N) is 2. The number of hydrogen-bond acceptors (Lipinski definition) is 8. The molecule has 42 heavy (non-hydrogen) atoms. The quantitative estimate of drug-likeness (QED) is 0.294. The van der Waals surface area contributed by atoms with Crippen LogP contribution in [0.4, 0.5) is 16.2 Å². The Balaban J connectivity index is 1.55. The van der Waals surface area contributed by atoms with Gasteiger partial charge in [-0.05, 0) is 63.7 Å². The van der Waals surface area contributed by atoms with Crippen molar-refractivity contribution in [2.45, 2.75) is 46.4 Å². The molecular weight excluding hydrogens is 542 g/mol. The van der Waals surface area contributed by atoms with Crippen molar-refractivity contribution < 1.29 is 33.9 Å².